The Hall–Kier alpha value is -1.12. The Bertz CT molecular complexity index is 694. The van der Waals surface area contributed by atoms with Gasteiger partial charge in [0.25, 0.3) is 0 Å². The minimum atomic E-state index is 0.283. The van der Waals surface area contributed by atoms with Crippen molar-refractivity contribution in [1.82, 2.24) is 0 Å². The molecular weight excluding hydrogens is 316 g/mol. The number of thiophene rings is 1. The van der Waals surface area contributed by atoms with Crippen LogP contribution in [0.1, 0.15) is 26.4 Å². The molecular formula is C17H15BrS. The molecule has 0 bridgehead atoms. The summed E-state index contributed by atoms with van der Waals surface area (Å²) < 4.78 is 1.35. The van der Waals surface area contributed by atoms with Crippen molar-refractivity contribution < 1.29 is 0 Å². The summed E-state index contributed by atoms with van der Waals surface area (Å²) in [6, 6.07) is 17.5. The first-order valence-corrected chi connectivity index (χ1v) is 8.08. The normalized spacial score (nSPS) is 12.8. The fourth-order valence-corrected chi connectivity index (χ4v) is 4.38. The van der Waals surface area contributed by atoms with E-state index in [4.69, 9.17) is 0 Å². The second kappa shape index (κ2) is 5.10. The summed E-state index contributed by atoms with van der Waals surface area (Å²) in [5.41, 5.74) is 4.02. The van der Waals surface area contributed by atoms with Crippen LogP contribution in [-0.2, 0) is 0 Å². The molecule has 2 heteroatoms. The Labute approximate surface area is 126 Å². The molecule has 1 unspecified atom stereocenters. The van der Waals surface area contributed by atoms with E-state index in [0.29, 0.717) is 0 Å². The van der Waals surface area contributed by atoms with E-state index in [1.165, 1.54) is 31.7 Å². The lowest BCUT2D eigenvalue weighted by atomic mass is 10.0. The van der Waals surface area contributed by atoms with Crippen LogP contribution in [0.25, 0.3) is 10.1 Å². The summed E-state index contributed by atoms with van der Waals surface area (Å²) in [6.45, 7) is 4.32. The third-order valence-corrected chi connectivity index (χ3v) is 5.86. The Kier molecular flexibility index (Phi) is 3.46. The Morgan fingerprint density at radius 2 is 1.79 bits per heavy atom. The molecule has 0 saturated carbocycles. The zero-order valence-corrected chi connectivity index (χ0v) is 13.4. The van der Waals surface area contributed by atoms with Crippen molar-refractivity contribution in [3.8, 4) is 0 Å². The number of rotatable bonds is 2. The average molecular weight is 331 g/mol. The van der Waals surface area contributed by atoms with Gasteiger partial charge in [0.1, 0.15) is 0 Å². The molecule has 0 saturated heterocycles. The molecule has 0 fully saturated rings. The van der Waals surface area contributed by atoms with Gasteiger partial charge in [-0.15, -0.1) is 11.3 Å². The van der Waals surface area contributed by atoms with Crippen LogP contribution >= 0.6 is 27.3 Å². The Morgan fingerprint density at radius 3 is 2.53 bits per heavy atom. The molecule has 1 aromatic heterocycles. The predicted molar refractivity (Wildman–Crippen MR) is 88.5 cm³/mol. The van der Waals surface area contributed by atoms with Gasteiger partial charge in [0.2, 0.25) is 0 Å². The predicted octanol–water partition coefficient (Wildman–Crippen LogP) is 6.00. The summed E-state index contributed by atoms with van der Waals surface area (Å²) in [7, 11) is 0. The van der Waals surface area contributed by atoms with Gasteiger partial charge in [0.05, 0.1) is 4.83 Å². The van der Waals surface area contributed by atoms with Gasteiger partial charge in [-0.2, -0.15) is 0 Å². The van der Waals surface area contributed by atoms with E-state index >= 15 is 0 Å². The van der Waals surface area contributed by atoms with Gasteiger partial charge in [-0.3, -0.25) is 0 Å². The largest absolute Gasteiger partial charge is 0.139 e. The molecule has 0 aliphatic carbocycles. The molecule has 96 valence electrons. The maximum atomic E-state index is 3.86. The quantitative estimate of drug-likeness (QED) is 0.505. The molecule has 0 aliphatic heterocycles. The van der Waals surface area contributed by atoms with Crippen molar-refractivity contribution in [1.29, 1.82) is 0 Å². The molecule has 0 amide bonds. The van der Waals surface area contributed by atoms with E-state index in [2.05, 4.69) is 78.3 Å². The van der Waals surface area contributed by atoms with E-state index in [9.17, 15) is 0 Å². The summed E-state index contributed by atoms with van der Waals surface area (Å²) >= 11 is 5.72. The van der Waals surface area contributed by atoms with E-state index in [0.717, 1.165) is 0 Å². The second-order valence-electron chi connectivity index (χ2n) is 4.91. The van der Waals surface area contributed by atoms with Crippen molar-refractivity contribution in [3.63, 3.8) is 0 Å². The minimum absolute atomic E-state index is 0.283. The van der Waals surface area contributed by atoms with Gasteiger partial charge in [-0.25, -0.2) is 0 Å². The van der Waals surface area contributed by atoms with Crippen molar-refractivity contribution in [3.05, 3.63) is 70.1 Å². The third-order valence-electron chi connectivity index (χ3n) is 3.39. The van der Waals surface area contributed by atoms with Crippen LogP contribution < -0.4 is 0 Å². The topological polar surface area (TPSA) is 0 Å². The summed E-state index contributed by atoms with van der Waals surface area (Å²) in [5, 5.41) is 1.33. The number of hydrogen-bond acceptors (Lipinski definition) is 1. The Morgan fingerprint density at radius 1 is 1.00 bits per heavy atom. The average Bonchev–Trinajstić information content (AvgIpc) is 2.81. The van der Waals surface area contributed by atoms with Gasteiger partial charge in [-0.1, -0.05) is 57.9 Å². The number of hydrogen-bond donors (Lipinski definition) is 0. The van der Waals surface area contributed by atoms with Crippen LogP contribution in [0.4, 0.5) is 0 Å². The zero-order chi connectivity index (χ0) is 13.4. The first kappa shape index (κ1) is 12.9. The molecule has 3 rings (SSSR count). The van der Waals surface area contributed by atoms with E-state index in [1.807, 2.05) is 11.3 Å². The van der Waals surface area contributed by atoms with Crippen molar-refractivity contribution in [2.24, 2.45) is 0 Å². The SMILES string of the molecule is Cc1ccc(C(Br)c2cc3ccccc3s2)c(C)c1. The highest BCUT2D eigenvalue weighted by Gasteiger charge is 2.15. The number of benzene rings is 2. The number of halogens is 1. The fourth-order valence-electron chi connectivity index (χ4n) is 2.39. The van der Waals surface area contributed by atoms with Crippen LogP contribution in [-0.4, -0.2) is 0 Å². The van der Waals surface area contributed by atoms with Gasteiger partial charge < -0.3 is 0 Å². The lowest BCUT2D eigenvalue weighted by Crippen LogP contribution is -1.93. The molecule has 0 radical (unpaired) electrons. The molecule has 1 atom stereocenters. The minimum Gasteiger partial charge on any atom is -0.139 e. The van der Waals surface area contributed by atoms with Gasteiger partial charge in [0, 0.05) is 9.58 Å². The summed E-state index contributed by atoms with van der Waals surface area (Å²) in [4.78, 5) is 1.65. The van der Waals surface area contributed by atoms with Crippen molar-refractivity contribution in [2.45, 2.75) is 18.7 Å². The molecule has 3 aromatic rings. The maximum Gasteiger partial charge on any atom is 0.0741 e. The lowest BCUT2D eigenvalue weighted by Gasteiger charge is -2.12. The standard InChI is InChI=1S/C17H15BrS/c1-11-7-8-14(12(2)9-11)17(18)16-10-13-5-3-4-6-15(13)19-16/h3-10,17H,1-2H3. The molecule has 0 spiro atoms. The smallest absolute Gasteiger partial charge is 0.0741 e. The molecule has 0 nitrogen and oxygen atoms in total. The highest BCUT2D eigenvalue weighted by molar-refractivity contribution is 9.09. The molecule has 0 aliphatic rings. The van der Waals surface area contributed by atoms with E-state index in [-0.39, 0.29) is 4.83 Å². The Balaban J connectivity index is 2.05. The third kappa shape index (κ3) is 2.47. The van der Waals surface area contributed by atoms with Crippen LogP contribution in [0.3, 0.4) is 0 Å². The lowest BCUT2D eigenvalue weighted by molar-refractivity contribution is 1.17. The monoisotopic (exact) mass is 330 g/mol. The summed E-state index contributed by atoms with van der Waals surface area (Å²) in [6.07, 6.45) is 0. The molecule has 19 heavy (non-hydrogen) atoms. The van der Waals surface area contributed by atoms with Crippen LogP contribution in [0, 0.1) is 13.8 Å². The molecule has 1 heterocycles. The van der Waals surface area contributed by atoms with Crippen molar-refractivity contribution >= 4 is 37.4 Å². The maximum absolute atomic E-state index is 3.86. The molecule has 2 aromatic carbocycles. The fraction of sp³-hybridized carbons (Fsp3) is 0.176. The van der Waals surface area contributed by atoms with Gasteiger partial charge in [-0.05, 0) is 42.5 Å². The number of aryl methyl sites for hydroxylation is 2. The first-order chi connectivity index (χ1) is 9.15. The van der Waals surface area contributed by atoms with E-state index in [1.54, 1.807) is 0 Å². The second-order valence-corrected chi connectivity index (χ2v) is 6.94. The number of fused-ring (bicyclic) bond motifs is 1. The van der Waals surface area contributed by atoms with E-state index < -0.39 is 0 Å². The highest BCUT2D eigenvalue weighted by atomic mass is 79.9. The van der Waals surface area contributed by atoms with Crippen LogP contribution in [0.2, 0.25) is 0 Å². The van der Waals surface area contributed by atoms with Gasteiger partial charge in [0.15, 0.2) is 0 Å². The first-order valence-electron chi connectivity index (χ1n) is 6.35. The highest BCUT2D eigenvalue weighted by Crippen LogP contribution is 2.39. The van der Waals surface area contributed by atoms with Crippen LogP contribution in [0.15, 0.2) is 48.5 Å². The van der Waals surface area contributed by atoms with Gasteiger partial charge >= 0.3 is 0 Å². The molecule has 0 N–H and O–H groups in total. The van der Waals surface area contributed by atoms with Crippen molar-refractivity contribution in [2.75, 3.05) is 0 Å². The zero-order valence-electron chi connectivity index (χ0n) is 11.0. The number of alkyl halides is 1. The summed E-state index contributed by atoms with van der Waals surface area (Å²) in [5.74, 6) is 0. The van der Waals surface area contributed by atoms with Crippen LogP contribution in [0.5, 0.6) is 0 Å².